The first-order valence-corrected chi connectivity index (χ1v) is 10.4. The molecule has 0 saturated carbocycles. The van der Waals surface area contributed by atoms with E-state index in [-0.39, 0.29) is 19.4 Å². The van der Waals surface area contributed by atoms with Gasteiger partial charge in [0.1, 0.15) is 6.10 Å². The molecule has 0 saturated heterocycles. The van der Waals surface area contributed by atoms with Crippen molar-refractivity contribution in [2.45, 2.75) is 25.2 Å². The molecule has 174 valence electrons. The van der Waals surface area contributed by atoms with Crippen LogP contribution in [0.2, 0.25) is 0 Å². The van der Waals surface area contributed by atoms with E-state index < -0.39 is 6.10 Å². The standard InChI is InChI=1S/C23H30N2O7/c1-25-9-8-13-16(21(30-5)23-22(17(13)24)31-11-32-23)18(25)20(29-4)12-6-7-15(27-2)19(28-3)14(12)10-26/h6-7,18,20,26H,8-11,24H2,1-5H3. The lowest BCUT2D eigenvalue weighted by Gasteiger charge is -2.41. The van der Waals surface area contributed by atoms with E-state index in [2.05, 4.69) is 4.90 Å². The topological polar surface area (TPSA) is 105 Å². The van der Waals surface area contributed by atoms with Crippen LogP contribution in [0.15, 0.2) is 12.1 Å². The van der Waals surface area contributed by atoms with Crippen LogP contribution in [0.25, 0.3) is 0 Å². The van der Waals surface area contributed by atoms with Crippen molar-refractivity contribution in [2.24, 2.45) is 0 Å². The highest BCUT2D eigenvalue weighted by atomic mass is 16.7. The minimum atomic E-state index is -0.463. The van der Waals surface area contributed by atoms with Crippen molar-refractivity contribution < 1.29 is 33.5 Å². The van der Waals surface area contributed by atoms with Crippen molar-refractivity contribution in [3.8, 4) is 28.7 Å². The van der Waals surface area contributed by atoms with Crippen LogP contribution in [-0.4, -0.2) is 58.8 Å². The highest BCUT2D eigenvalue weighted by Gasteiger charge is 2.41. The third-order valence-electron chi connectivity index (χ3n) is 6.34. The summed E-state index contributed by atoms with van der Waals surface area (Å²) in [5.41, 5.74) is 10.3. The number of fused-ring (bicyclic) bond motifs is 2. The van der Waals surface area contributed by atoms with Crippen LogP contribution in [0.4, 0.5) is 5.69 Å². The maximum Gasteiger partial charge on any atom is 0.231 e. The van der Waals surface area contributed by atoms with Gasteiger partial charge in [0.25, 0.3) is 0 Å². The number of nitrogens with zero attached hydrogens (tertiary/aromatic N) is 1. The molecule has 2 aliphatic rings. The van der Waals surface area contributed by atoms with E-state index in [9.17, 15) is 5.11 Å². The molecule has 0 aromatic heterocycles. The van der Waals surface area contributed by atoms with Gasteiger partial charge in [-0.1, -0.05) is 6.07 Å². The van der Waals surface area contributed by atoms with Crippen LogP contribution in [-0.2, 0) is 17.8 Å². The van der Waals surface area contributed by atoms with Gasteiger partial charge in [0.2, 0.25) is 12.5 Å². The second-order valence-corrected chi connectivity index (χ2v) is 7.76. The number of nitrogens with two attached hydrogens (primary N) is 1. The maximum absolute atomic E-state index is 10.2. The lowest BCUT2D eigenvalue weighted by molar-refractivity contribution is 0.0143. The highest BCUT2D eigenvalue weighted by Crippen LogP contribution is 2.56. The first-order chi connectivity index (χ1) is 15.5. The number of hydrogen-bond donors (Lipinski definition) is 2. The molecule has 0 aliphatic carbocycles. The molecule has 9 heteroatoms. The smallest absolute Gasteiger partial charge is 0.231 e. The number of ether oxygens (including phenoxy) is 6. The van der Waals surface area contributed by atoms with Gasteiger partial charge in [-0.3, -0.25) is 4.90 Å². The maximum atomic E-state index is 10.2. The minimum absolute atomic E-state index is 0.0946. The summed E-state index contributed by atoms with van der Waals surface area (Å²) in [5, 5.41) is 10.2. The van der Waals surface area contributed by atoms with Gasteiger partial charge < -0.3 is 39.3 Å². The normalized spacial score (nSPS) is 18.2. The molecule has 3 N–H and O–H groups in total. The Hall–Kier alpha value is -2.88. The lowest BCUT2D eigenvalue weighted by Crippen LogP contribution is -2.37. The third kappa shape index (κ3) is 3.28. The summed E-state index contributed by atoms with van der Waals surface area (Å²) in [6, 6.07) is 3.44. The van der Waals surface area contributed by atoms with Gasteiger partial charge in [-0.15, -0.1) is 0 Å². The van der Waals surface area contributed by atoms with Gasteiger partial charge in [-0.2, -0.15) is 0 Å². The molecule has 4 rings (SSSR count). The predicted octanol–water partition coefficient (Wildman–Crippen LogP) is 2.43. The Bertz CT molecular complexity index is 1010. The third-order valence-corrected chi connectivity index (χ3v) is 6.34. The van der Waals surface area contributed by atoms with Crippen LogP contribution in [0.3, 0.4) is 0 Å². The predicted molar refractivity (Wildman–Crippen MR) is 118 cm³/mol. The van der Waals surface area contributed by atoms with Crippen LogP contribution in [0, 0.1) is 0 Å². The monoisotopic (exact) mass is 446 g/mol. The van der Waals surface area contributed by atoms with Crippen molar-refractivity contribution in [2.75, 3.05) is 54.6 Å². The zero-order chi connectivity index (χ0) is 23.0. The molecular weight excluding hydrogens is 416 g/mol. The molecule has 9 nitrogen and oxygen atoms in total. The lowest BCUT2D eigenvalue weighted by atomic mass is 9.83. The number of rotatable bonds is 7. The van der Waals surface area contributed by atoms with Gasteiger partial charge in [0.05, 0.1) is 39.7 Å². The Balaban J connectivity index is 1.94. The quantitative estimate of drug-likeness (QED) is 0.621. The van der Waals surface area contributed by atoms with E-state index in [0.29, 0.717) is 40.0 Å². The zero-order valence-electron chi connectivity index (χ0n) is 19.1. The minimum Gasteiger partial charge on any atom is -0.493 e. The Morgan fingerprint density at radius 1 is 1.09 bits per heavy atom. The summed E-state index contributed by atoms with van der Waals surface area (Å²) in [6.45, 7) is 0.614. The van der Waals surface area contributed by atoms with E-state index in [1.807, 2.05) is 19.2 Å². The number of aliphatic hydroxyl groups is 1. The summed E-state index contributed by atoms with van der Waals surface area (Å²) >= 11 is 0. The van der Waals surface area contributed by atoms with Crippen molar-refractivity contribution in [1.29, 1.82) is 0 Å². The molecule has 2 atom stereocenters. The number of methoxy groups -OCH3 is 4. The SMILES string of the molecule is COc1ccc(C(OC)C2c3c(c(N)c4c(c3OC)OCO4)CCN2C)c(CO)c1OC. The van der Waals surface area contributed by atoms with Crippen molar-refractivity contribution in [3.05, 3.63) is 34.4 Å². The summed E-state index contributed by atoms with van der Waals surface area (Å²) in [7, 11) is 8.40. The number of nitrogen functional groups attached to an aromatic ring is 1. The first kappa shape index (κ1) is 22.3. The fourth-order valence-corrected chi connectivity index (χ4v) is 4.87. The highest BCUT2D eigenvalue weighted by molar-refractivity contribution is 5.75. The van der Waals surface area contributed by atoms with E-state index in [4.69, 9.17) is 34.2 Å². The van der Waals surface area contributed by atoms with Crippen molar-refractivity contribution in [3.63, 3.8) is 0 Å². The molecule has 32 heavy (non-hydrogen) atoms. The Kier molecular flexibility index (Phi) is 6.23. The molecule has 2 aromatic carbocycles. The number of aliphatic hydroxyl groups excluding tert-OH is 1. The summed E-state index contributed by atoms with van der Waals surface area (Å²) in [4.78, 5) is 2.19. The summed E-state index contributed by atoms with van der Waals surface area (Å²) < 4.78 is 34.2. The second kappa shape index (κ2) is 8.93. The second-order valence-electron chi connectivity index (χ2n) is 7.76. The van der Waals surface area contributed by atoms with Crippen molar-refractivity contribution in [1.82, 2.24) is 4.90 Å². The summed E-state index contributed by atoms with van der Waals surface area (Å²) in [5.74, 6) is 2.64. The molecule has 2 aromatic rings. The van der Waals surface area contributed by atoms with E-state index >= 15 is 0 Å². The molecule has 2 aliphatic heterocycles. The Morgan fingerprint density at radius 3 is 2.44 bits per heavy atom. The first-order valence-electron chi connectivity index (χ1n) is 10.4. The Labute approximate surface area is 187 Å². The fourth-order valence-electron chi connectivity index (χ4n) is 4.87. The van der Waals surface area contributed by atoms with E-state index in [0.717, 1.165) is 29.7 Å². The van der Waals surface area contributed by atoms with E-state index in [1.165, 1.54) is 0 Å². The molecule has 0 radical (unpaired) electrons. The van der Waals surface area contributed by atoms with Gasteiger partial charge in [-0.25, -0.2) is 0 Å². The van der Waals surface area contributed by atoms with Crippen LogP contribution in [0.5, 0.6) is 28.7 Å². The Morgan fingerprint density at radius 2 is 1.81 bits per heavy atom. The number of anilines is 1. The molecule has 0 fully saturated rings. The van der Waals surface area contributed by atoms with Gasteiger partial charge in [0, 0.05) is 24.8 Å². The van der Waals surface area contributed by atoms with Crippen LogP contribution < -0.4 is 29.4 Å². The molecule has 0 spiro atoms. The molecule has 0 bridgehead atoms. The van der Waals surface area contributed by atoms with Gasteiger partial charge in [0.15, 0.2) is 23.0 Å². The van der Waals surface area contributed by atoms with Crippen LogP contribution in [0.1, 0.15) is 34.4 Å². The van der Waals surface area contributed by atoms with E-state index in [1.54, 1.807) is 28.4 Å². The molecule has 2 heterocycles. The molecule has 2 unspecified atom stereocenters. The number of likely N-dealkylation sites (N-methyl/N-ethyl adjacent to an activating group) is 1. The van der Waals surface area contributed by atoms with Crippen molar-refractivity contribution >= 4 is 5.69 Å². The zero-order valence-corrected chi connectivity index (χ0v) is 19.1. The molecular formula is C23H30N2O7. The van der Waals surface area contributed by atoms with Crippen LogP contribution >= 0.6 is 0 Å². The average molecular weight is 447 g/mol. The fraction of sp³-hybridized carbons (Fsp3) is 0.478. The molecule has 0 amide bonds. The average Bonchev–Trinajstić information content (AvgIpc) is 3.30. The van der Waals surface area contributed by atoms with Gasteiger partial charge in [-0.05, 0) is 30.7 Å². The van der Waals surface area contributed by atoms with Gasteiger partial charge >= 0.3 is 0 Å². The largest absolute Gasteiger partial charge is 0.493 e. The number of benzene rings is 2. The summed E-state index contributed by atoms with van der Waals surface area (Å²) in [6.07, 6.45) is 0.269. The number of hydrogen-bond acceptors (Lipinski definition) is 9.